The van der Waals surface area contributed by atoms with Crippen molar-refractivity contribution in [2.45, 2.75) is 18.6 Å². The molecule has 126 valence electrons. The quantitative estimate of drug-likeness (QED) is 0.833. The molecule has 1 amide bonds. The summed E-state index contributed by atoms with van der Waals surface area (Å²) in [5.41, 5.74) is 2.43. The molecule has 7 nitrogen and oxygen atoms in total. The van der Waals surface area contributed by atoms with Crippen LogP contribution in [0.4, 0.5) is 5.69 Å². The number of benzene rings is 1. The zero-order chi connectivity index (χ0) is 16.9. The average Bonchev–Trinajstić information content (AvgIpc) is 3.11. The molecule has 8 heteroatoms. The Labute approximate surface area is 139 Å². The van der Waals surface area contributed by atoms with E-state index in [0.29, 0.717) is 12.2 Å². The number of nitrogens with zero attached hydrogens (tertiary/aromatic N) is 3. The molecular formula is C16H17N3O4S. The zero-order valence-electron chi connectivity index (χ0n) is 13.2. The lowest BCUT2D eigenvalue weighted by molar-refractivity contribution is 0.0616. The fourth-order valence-electron chi connectivity index (χ4n) is 3.16. The minimum absolute atomic E-state index is 0.148. The van der Waals surface area contributed by atoms with E-state index in [-0.39, 0.29) is 24.8 Å². The summed E-state index contributed by atoms with van der Waals surface area (Å²) in [6.45, 7) is 2.56. The number of para-hydroxylation sites is 1. The van der Waals surface area contributed by atoms with Gasteiger partial charge in [-0.25, -0.2) is 8.42 Å². The SMILES string of the molecule is Cc1cc(C(=O)N2CC(S(=O)(=O)N3CCc4ccccc43)C2)on1. The second kappa shape index (κ2) is 5.34. The van der Waals surface area contributed by atoms with Crippen molar-refractivity contribution in [3.05, 3.63) is 47.3 Å². The lowest BCUT2D eigenvalue weighted by atomic mass is 10.2. The number of hydrogen-bond donors (Lipinski definition) is 0. The molecule has 0 unspecified atom stereocenters. The van der Waals surface area contributed by atoms with Crippen molar-refractivity contribution in [2.24, 2.45) is 0 Å². The third kappa shape index (κ3) is 2.29. The highest BCUT2D eigenvalue weighted by molar-refractivity contribution is 7.93. The molecule has 1 aromatic carbocycles. The molecule has 24 heavy (non-hydrogen) atoms. The first-order chi connectivity index (χ1) is 11.5. The van der Waals surface area contributed by atoms with Crippen LogP contribution in [0.5, 0.6) is 0 Å². The van der Waals surface area contributed by atoms with Crippen LogP contribution >= 0.6 is 0 Å². The van der Waals surface area contributed by atoms with Crippen LogP contribution in [-0.4, -0.2) is 49.3 Å². The van der Waals surface area contributed by atoms with Crippen LogP contribution < -0.4 is 4.31 Å². The van der Waals surface area contributed by atoms with Crippen LogP contribution in [0.2, 0.25) is 0 Å². The number of hydrogen-bond acceptors (Lipinski definition) is 5. The number of likely N-dealkylation sites (tertiary alicyclic amines) is 1. The molecule has 2 aromatic rings. The number of carbonyl (C=O) groups is 1. The number of carbonyl (C=O) groups excluding carboxylic acids is 1. The number of rotatable bonds is 3. The van der Waals surface area contributed by atoms with Crippen molar-refractivity contribution in [1.29, 1.82) is 0 Å². The van der Waals surface area contributed by atoms with Crippen LogP contribution in [0.1, 0.15) is 21.8 Å². The summed E-state index contributed by atoms with van der Waals surface area (Å²) >= 11 is 0. The van der Waals surface area contributed by atoms with Crippen molar-refractivity contribution in [1.82, 2.24) is 10.1 Å². The predicted molar refractivity (Wildman–Crippen MR) is 87.3 cm³/mol. The predicted octanol–water partition coefficient (Wildman–Crippen LogP) is 1.20. The van der Waals surface area contributed by atoms with Crippen molar-refractivity contribution >= 4 is 21.6 Å². The Morgan fingerprint density at radius 2 is 2.04 bits per heavy atom. The molecule has 4 rings (SSSR count). The Balaban J connectivity index is 1.48. The minimum Gasteiger partial charge on any atom is -0.351 e. The lowest BCUT2D eigenvalue weighted by Crippen LogP contribution is -2.59. The van der Waals surface area contributed by atoms with Gasteiger partial charge >= 0.3 is 0 Å². The maximum absolute atomic E-state index is 12.8. The smallest absolute Gasteiger partial charge is 0.292 e. The van der Waals surface area contributed by atoms with Gasteiger partial charge < -0.3 is 9.42 Å². The molecule has 0 spiro atoms. The molecule has 1 fully saturated rings. The van der Waals surface area contributed by atoms with E-state index in [9.17, 15) is 13.2 Å². The largest absolute Gasteiger partial charge is 0.351 e. The maximum atomic E-state index is 12.8. The van der Waals surface area contributed by atoms with Crippen molar-refractivity contribution in [3.8, 4) is 0 Å². The Hall–Kier alpha value is -2.35. The summed E-state index contributed by atoms with van der Waals surface area (Å²) in [7, 11) is -3.47. The molecule has 0 aliphatic carbocycles. The molecule has 1 saturated heterocycles. The summed E-state index contributed by atoms with van der Waals surface area (Å²) < 4.78 is 32.1. The first kappa shape index (κ1) is 15.2. The monoisotopic (exact) mass is 347 g/mol. The van der Waals surface area contributed by atoms with Crippen LogP contribution in [0.3, 0.4) is 0 Å². The van der Waals surface area contributed by atoms with E-state index in [1.54, 1.807) is 13.0 Å². The van der Waals surface area contributed by atoms with Gasteiger partial charge in [-0.05, 0) is 25.0 Å². The maximum Gasteiger partial charge on any atom is 0.292 e. The highest BCUT2D eigenvalue weighted by Gasteiger charge is 2.45. The number of aryl methyl sites for hydroxylation is 1. The van der Waals surface area contributed by atoms with Gasteiger partial charge in [-0.15, -0.1) is 0 Å². The Morgan fingerprint density at radius 1 is 1.29 bits per heavy atom. The van der Waals surface area contributed by atoms with Gasteiger partial charge in [0.1, 0.15) is 5.25 Å². The topological polar surface area (TPSA) is 83.7 Å². The molecule has 0 saturated carbocycles. The second-order valence-electron chi connectivity index (χ2n) is 6.16. The van der Waals surface area contributed by atoms with E-state index >= 15 is 0 Å². The van der Waals surface area contributed by atoms with Crippen molar-refractivity contribution in [3.63, 3.8) is 0 Å². The molecule has 0 bridgehead atoms. The van der Waals surface area contributed by atoms with Gasteiger partial charge in [-0.2, -0.15) is 0 Å². The normalized spacial score (nSPS) is 17.7. The first-order valence-electron chi connectivity index (χ1n) is 7.79. The molecule has 2 aliphatic heterocycles. The van der Waals surface area contributed by atoms with Gasteiger partial charge in [-0.1, -0.05) is 23.4 Å². The summed E-state index contributed by atoms with van der Waals surface area (Å²) in [6.07, 6.45) is 0.724. The number of fused-ring (bicyclic) bond motifs is 1. The highest BCUT2D eigenvalue weighted by Crippen LogP contribution is 2.33. The Kier molecular flexibility index (Phi) is 3.38. The van der Waals surface area contributed by atoms with Crippen LogP contribution in [0.15, 0.2) is 34.9 Å². The van der Waals surface area contributed by atoms with Gasteiger partial charge in [-0.3, -0.25) is 9.10 Å². The fraction of sp³-hybridized carbons (Fsp3) is 0.375. The number of amides is 1. The summed E-state index contributed by atoms with van der Waals surface area (Å²) in [5, 5.41) is 3.11. The minimum atomic E-state index is -3.47. The highest BCUT2D eigenvalue weighted by atomic mass is 32.2. The average molecular weight is 347 g/mol. The van der Waals surface area contributed by atoms with Crippen LogP contribution in [0, 0.1) is 6.92 Å². The molecule has 2 aliphatic rings. The van der Waals surface area contributed by atoms with Gasteiger partial charge in [0.25, 0.3) is 5.91 Å². The molecule has 1 aromatic heterocycles. The van der Waals surface area contributed by atoms with E-state index in [2.05, 4.69) is 5.16 Å². The molecule has 3 heterocycles. The Bertz CT molecular complexity index is 900. The number of aromatic nitrogens is 1. The number of sulfonamides is 1. The number of anilines is 1. The summed E-state index contributed by atoms with van der Waals surface area (Å²) in [4.78, 5) is 13.7. The molecule has 0 radical (unpaired) electrons. The molecule has 0 atom stereocenters. The first-order valence-corrected chi connectivity index (χ1v) is 9.29. The van der Waals surface area contributed by atoms with E-state index in [1.807, 2.05) is 24.3 Å². The third-order valence-electron chi connectivity index (χ3n) is 4.55. The van der Waals surface area contributed by atoms with Crippen LogP contribution in [-0.2, 0) is 16.4 Å². The van der Waals surface area contributed by atoms with Gasteiger partial charge in [0, 0.05) is 25.7 Å². The standard InChI is InChI=1S/C16H17N3O4S/c1-11-8-15(23-17-11)16(20)18-9-13(10-18)24(21,22)19-7-6-12-4-2-3-5-14(12)19/h2-5,8,13H,6-7,9-10H2,1H3. The van der Waals surface area contributed by atoms with E-state index in [1.165, 1.54) is 9.21 Å². The summed E-state index contributed by atoms with van der Waals surface area (Å²) in [5.74, 6) is -0.168. The van der Waals surface area contributed by atoms with Crippen molar-refractivity contribution < 1.29 is 17.7 Å². The van der Waals surface area contributed by atoms with Gasteiger partial charge in [0.05, 0.1) is 11.4 Å². The summed E-state index contributed by atoms with van der Waals surface area (Å²) in [6, 6.07) is 9.10. The fourth-order valence-corrected chi connectivity index (χ4v) is 5.06. The lowest BCUT2D eigenvalue weighted by Gasteiger charge is -2.40. The van der Waals surface area contributed by atoms with Crippen molar-refractivity contribution in [2.75, 3.05) is 23.9 Å². The third-order valence-corrected chi connectivity index (χ3v) is 6.68. The van der Waals surface area contributed by atoms with E-state index in [0.717, 1.165) is 17.7 Å². The van der Waals surface area contributed by atoms with Gasteiger partial charge in [0.15, 0.2) is 0 Å². The molecule has 0 N–H and O–H groups in total. The van der Waals surface area contributed by atoms with Gasteiger partial charge in [0.2, 0.25) is 15.8 Å². The van der Waals surface area contributed by atoms with Crippen LogP contribution in [0.25, 0.3) is 0 Å². The van der Waals surface area contributed by atoms with E-state index in [4.69, 9.17) is 4.52 Å². The zero-order valence-corrected chi connectivity index (χ0v) is 14.0. The van der Waals surface area contributed by atoms with E-state index < -0.39 is 15.3 Å². The molecular weight excluding hydrogens is 330 g/mol. The second-order valence-corrected chi connectivity index (χ2v) is 8.30. The Morgan fingerprint density at radius 3 is 2.75 bits per heavy atom.